The number of anilines is 1. The molecular formula is C23H24Cl2N2O3. The van der Waals surface area contributed by atoms with Crippen LogP contribution in [-0.2, 0) is 15.0 Å². The van der Waals surface area contributed by atoms with Gasteiger partial charge in [0.25, 0.3) is 0 Å². The van der Waals surface area contributed by atoms with Gasteiger partial charge in [-0.25, -0.2) is 0 Å². The second-order valence-electron chi connectivity index (χ2n) is 9.35. The molecule has 4 atom stereocenters. The molecule has 0 radical (unpaired) electrons. The molecule has 1 amide bonds. The average molecular weight is 447 g/mol. The van der Waals surface area contributed by atoms with Gasteiger partial charge in [0.05, 0.1) is 0 Å². The molecule has 2 heterocycles. The van der Waals surface area contributed by atoms with E-state index in [1.807, 2.05) is 12.1 Å². The van der Waals surface area contributed by atoms with Gasteiger partial charge in [-0.15, -0.1) is 0 Å². The summed E-state index contributed by atoms with van der Waals surface area (Å²) in [7, 11) is 0. The number of fused-ring (bicyclic) bond motifs is 2. The minimum atomic E-state index is -1.10. The molecule has 0 aliphatic carbocycles. The van der Waals surface area contributed by atoms with Gasteiger partial charge in [0.2, 0.25) is 5.91 Å². The van der Waals surface area contributed by atoms with Gasteiger partial charge >= 0.3 is 5.97 Å². The Morgan fingerprint density at radius 2 is 1.83 bits per heavy atom. The molecule has 2 aliphatic rings. The van der Waals surface area contributed by atoms with Crippen LogP contribution in [0.3, 0.4) is 0 Å². The minimum absolute atomic E-state index is 0.133. The first-order valence-corrected chi connectivity index (χ1v) is 10.7. The third-order valence-electron chi connectivity index (χ3n) is 6.10. The van der Waals surface area contributed by atoms with Crippen molar-refractivity contribution >= 4 is 40.8 Å². The number of hydrogen-bond acceptors (Lipinski definition) is 3. The Morgan fingerprint density at radius 3 is 2.47 bits per heavy atom. The number of amides is 1. The molecule has 2 aliphatic heterocycles. The van der Waals surface area contributed by atoms with Crippen molar-refractivity contribution < 1.29 is 14.7 Å². The van der Waals surface area contributed by atoms with Crippen LogP contribution in [0.1, 0.15) is 44.2 Å². The molecule has 30 heavy (non-hydrogen) atoms. The fourth-order valence-electron chi connectivity index (χ4n) is 5.11. The van der Waals surface area contributed by atoms with Gasteiger partial charge in [0.1, 0.15) is 11.5 Å². The number of carboxylic acids is 1. The minimum Gasteiger partial charge on any atom is -0.480 e. The topological polar surface area (TPSA) is 78.4 Å². The first-order chi connectivity index (χ1) is 14.0. The lowest BCUT2D eigenvalue weighted by Crippen LogP contribution is -2.49. The van der Waals surface area contributed by atoms with Crippen LogP contribution in [0.25, 0.3) is 0 Å². The Bertz CT molecular complexity index is 1030. The largest absolute Gasteiger partial charge is 0.480 e. The van der Waals surface area contributed by atoms with E-state index in [1.54, 1.807) is 30.3 Å². The number of carboxylic acid groups (broad SMARTS) is 1. The average Bonchev–Trinajstić information content (AvgIpc) is 3.10. The SMILES string of the molecule is CC(C)(C)C[C@@H]1N[C@@H](C(=O)O)[C@@H](c2cccc(Cl)c2)[C@]12C(=O)Nc1cc(Cl)ccc12. The van der Waals surface area contributed by atoms with E-state index < -0.39 is 23.3 Å². The molecule has 2 aromatic rings. The second-order valence-corrected chi connectivity index (χ2v) is 10.2. The van der Waals surface area contributed by atoms with Crippen LogP contribution in [-0.4, -0.2) is 29.1 Å². The third-order valence-corrected chi connectivity index (χ3v) is 6.57. The standard InChI is InChI=1S/C23H24Cl2N2O3/c1-22(2,3)11-17-23(15-8-7-14(25)10-16(15)26-21(23)30)18(19(27-17)20(28)29)12-5-4-6-13(24)9-12/h4-10,17-19,27H,11H2,1-3H3,(H,26,30)(H,28,29)/t17-,18+,19+,23+/m0/s1. The molecule has 158 valence electrons. The highest BCUT2D eigenvalue weighted by Gasteiger charge is 2.65. The quantitative estimate of drug-likeness (QED) is 0.630. The van der Waals surface area contributed by atoms with Crippen molar-refractivity contribution in [3.8, 4) is 0 Å². The van der Waals surface area contributed by atoms with Gasteiger partial charge in [-0.3, -0.25) is 14.9 Å². The maximum absolute atomic E-state index is 13.7. The number of halogens is 2. The molecule has 7 heteroatoms. The van der Waals surface area contributed by atoms with Gasteiger partial charge in [-0.05, 0) is 47.2 Å². The summed E-state index contributed by atoms with van der Waals surface area (Å²) in [5, 5.41) is 17.4. The number of carbonyl (C=O) groups excluding carboxylic acids is 1. The predicted molar refractivity (Wildman–Crippen MR) is 118 cm³/mol. The zero-order valence-electron chi connectivity index (χ0n) is 17.0. The smallest absolute Gasteiger partial charge is 0.321 e. The molecule has 3 N–H and O–H groups in total. The van der Waals surface area contributed by atoms with Gasteiger partial charge < -0.3 is 10.4 Å². The maximum Gasteiger partial charge on any atom is 0.321 e. The van der Waals surface area contributed by atoms with E-state index in [4.69, 9.17) is 23.2 Å². The summed E-state index contributed by atoms with van der Waals surface area (Å²) in [5.74, 6) is -1.84. The summed E-state index contributed by atoms with van der Waals surface area (Å²) in [6.07, 6.45) is 0.614. The fraction of sp³-hybridized carbons (Fsp3) is 0.391. The van der Waals surface area contributed by atoms with Crippen LogP contribution >= 0.6 is 23.2 Å². The number of aliphatic carboxylic acids is 1. The summed E-state index contributed by atoms with van der Waals surface area (Å²) >= 11 is 12.4. The molecular weight excluding hydrogens is 423 g/mol. The number of carbonyl (C=O) groups is 2. The zero-order valence-corrected chi connectivity index (χ0v) is 18.5. The van der Waals surface area contributed by atoms with Crippen molar-refractivity contribution in [1.29, 1.82) is 0 Å². The Labute approximate surface area is 185 Å². The first-order valence-electron chi connectivity index (χ1n) is 9.90. The number of benzene rings is 2. The van der Waals surface area contributed by atoms with Crippen LogP contribution < -0.4 is 10.6 Å². The van der Waals surface area contributed by atoms with E-state index in [1.165, 1.54) is 0 Å². The molecule has 1 spiro atoms. The normalized spacial score (nSPS) is 27.9. The van der Waals surface area contributed by atoms with E-state index in [-0.39, 0.29) is 17.4 Å². The summed E-state index contributed by atoms with van der Waals surface area (Å²) in [4.78, 5) is 26.0. The lowest BCUT2D eigenvalue weighted by Gasteiger charge is -2.37. The van der Waals surface area contributed by atoms with Gasteiger partial charge in [0.15, 0.2) is 0 Å². The van der Waals surface area contributed by atoms with Crippen molar-refractivity contribution in [3.05, 3.63) is 63.6 Å². The molecule has 1 fully saturated rings. The molecule has 0 bridgehead atoms. The van der Waals surface area contributed by atoms with E-state index in [9.17, 15) is 14.7 Å². The fourth-order valence-corrected chi connectivity index (χ4v) is 5.48. The molecule has 2 aromatic carbocycles. The summed E-state index contributed by atoms with van der Waals surface area (Å²) in [6.45, 7) is 6.25. The highest BCUT2D eigenvalue weighted by atomic mass is 35.5. The molecule has 0 unspecified atom stereocenters. The van der Waals surface area contributed by atoms with Gasteiger partial charge in [-0.2, -0.15) is 0 Å². The summed E-state index contributed by atoms with van der Waals surface area (Å²) < 4.78 is 0. The van der Waals surface area contributed by atoms with Crippen molar-refractivity contribution in [1.82, 2.24) is 5.32 Å². The van der Waals surface area contributed by atoms with Gasteiger partial charge in [-0.1, -0.05) is 62.2 Å². The molecule has 5 nitrogen and oxygen atoms in total. The van der Waals surface area contributed by atoms with Gasteiger partial charge in [0, 0.05) is 27.7 Å². The Morgan fingerprint density at radius 1 is 1.13 bits per heavy atom. The monoisotopic (exact) mass is 446 g/mol. The van der Waals surface area contributed by atoms with Crippen LogP contribution in [0.2, 0.25) is 10.0 Å². The Hall–Kier alpha value is -2.08. The summed E-state index contributed by atoms with van der Waals surface area (Å²) in [5.41, 5.74) is 0.892. The second kappa shape index (κ2) is 7.26. The Balaban J connectivity index is 2.00. The van der Waals surface area contributed by atoms with E-state index in [0.717, 1.165) is 11.1 Å². The Kier molecular flexibility index (Phi) is 5.12. The predicted octanol–water partition coefficient (Wildman–Crippen LogP) is 4.83. The van der Waals surface area contributed by atoms with Crippen molar-refractivity contribution in [2.75, 3.05) is 5.32 Å². The lowest BCUT2D eigenvalue weighted by molar-refractivity contribution is -0.139. The number of rotatable bonds is 3. The third kappa shape index (κ3) is 3.29. The van der Waals surface area contributed by atoms with Crippen molar-refractivity contribution in [3.63, 3.8) is 0 Å². The van der Waals surface area contributed by atoms with E-state index in [2.05, 4.69) is 31.4 Å². The van der Waals surface area contributed by atoms with Crippen LogP contribution in [0.15, 0.2) is 42.5 Å². The lowest BCUT2D eigenvalue weighted by atomic mass is 9.62. The zero-order chi connectivity index (χ0) is 21.8. The first kappa shape index (κ1) is 21.2. The molecule has 1 saturated heterocycles. The number of nitrogens with one attached hydrogen (secondary N) is 2. The van der Waals surface area contributed by atoms with Crippen LogP contribution in [0.4, 0.5) is 5.69 Å². The highest BCUT2D eigenvalue weighted by Crippen LogP contribution is 2.56. The molecule has 0 aromatic heterocycles. The molecule has 0 saturated carbocycles. The van der Waals surface area contributed by atoms with E-state index in [0.29, 0.717) is 22.2 Å². The van der Waals surface area contributed by atoms with Crippen molar-refractivity contribution in [2.45, 2.75) is 50.6 Å². The van der Waals surface area contributed by atoms with Crippen LogP contribution in [0, 0.1) is 5.41 Å². The maximum atomic E-state index is 13.7. The summed E-state index contributed by atoms with van der Waals surface area (Å²) in [6, 6.07) is 11.1. The van der Waals surface area contributed by atoms with Crippen LogP contribution in [0.5, 0.6) is 0 Å². The van der Waals surface area contributed by atoms with E-state index >= 15 is 0 Å². The number of hydrogen-bond donors (Lipinski definition) is 3. The highest BCUT2D eigenvalue weighted by molar-refractivity contribution is 6.31. The molecule has 4 rings (SSSR count). The van der Waals surface area contributed by atoms with Crippen molar-refractivity contribution in [2.24, 2.45) is 5.41 Å².